The lowest BCUT2D eigenvalue weighted by Crippen LogP contribution is -2.47. The van der Waals surface area contributed by atoms with Crippen LogP contribution >= 0.6 is 0 Å². The van der Waals surface area contributed by atoms with Crippen molar-refractivity contribution in [2.75, 3.05) is 0 Å². The molecule has 0 aromatic carbocycles. The number of rotatable bonds is 1. The average molecular weight is 250 g/mol. The molecule has 3 saturated carbocycles. The van der Waals surface area contributed by atoms with Crippen molar-refractivity contribution in [1.29, 1.82) is 0 Å². The Kier molecular flexibility index (Phi) is 2.70. The highest BCUT2D eigenvalue weighted by Crippen LogP contribution is 2.71. The van der Waals surface area contributed by atoms with Crippen LogP contribution in [0.25, 0.3) is 0 Å². The van der Waals surface area contributed by atoms with Gasteiger partial charge < -0.3 is 5.11 Å². The third-order valence-corrected chi connectivity index (χ3v) is 7.59. The molecular weight excluding hydrogens is 220 g/mol. The molecule has 1 nitrogen and oxygen atoms in total. The van der Waals surface area contributed by atoms with Gasteiger partial charge in [-0.2, -0.15) is 0 Å². The summed E-state index contributed by atoms with van der Waals surface area (Å²) in [5.41, 5.74) is 0.571. The Labute approximate surface area is 112 Å². The maximum atomic E-state index is 10.8. The molecule has 2 unspecified atom stereocenters. The SMILES string of the molecule is CC1(O)CCCCC1[C@H]1C[C@@H]2CC[C@@]1(C)C2(C)C. The molecule has 104 valence electrons. The van der Waals surface area contributed by atoms with E-state index in [1.165, 1.54) is 38.5 Å². The predicted molar refractivity (Wildman–Crippen MR) is 75.3 cm³/mol. The molecule has 0 heterocycles. The van der Waals surface area contributed by atoms with Gasteiger partial charge in [-0.1, -0.05) is 33.6 Å². The first-order chi connectivity index (χ1) is 8.29. The molecule has 0 aliphatic heterocycles. The highest BCUT2D eigenvalue weighted by molar-refractivity contribution is 5.13. The smallest absolute Gasteiger partial charge is 0.0650 e. The van der Waals surface area contributed by atoms with Crippen LogP contribution in [0.4, 0.5) is 0 Å². The zero-order valence-electron chi connectivity index (χ0n) is 12.6. The molecule has 3 rings (SSSR count). The molecule has 0 aromatic rings. The van der Waals surface area contributed by atoms with Crippen molar-refractivity contribution in [3.8, 4) is 0 Å². The first-order valence-corrected chi connectivity index (χ1v) is 8.01. The van der Waals surface area contributed by atoms with Crippen LogP contribution in [0.15, 0.2) is 0 Å². The van der Waals surface area contributed by atoms with Crippen LogP contribution in [-0.2, 0) is 0 Å². The standard InChI is InChI=1S/C17H30O/c1-15(2)12-8-10-16(15,3)14(11-12)13-7-5-6-9-17(13,4)18/h12-14,18H,5-11H2,1-4H3/t12-,13?,14+,16+,17?/m0/s1. The number of aliphatic hydroxyl groups is 1. The molecule has 3 aliphatic carbocycles. The Morgan fingerprint density at radius 1 is 0.889 bits per heavy atom. The van der Waals surface area contributed by atoms with Crippen molar-refractivity contribution in [3.63, 3.8) is 0 Å². The fraction of sp³-hybridized carbons (Fsp3) is 1.00. The Balaban J connectivity index is 1.90. The summed E-state index contributed by atoms with van der Waals surface area (Å²) in [5.74, 6) is 2.23. The average Bonchev–Trinajstić information content (AvgIpc) is 2.60. The van der Waals surface area contributed by atoms with Gasteiger partial charge in [0, 0.05) is 0 Å². The zero-order valence-corrected chi connectivity index (χ0v) is 12.6. The molecule has 2 bridgehead atoms. The quantitative estimate of drug-likeness (QED) is 0.732. The molecule has 3 aliphatic rings. The van der Waals surface area contributed by atoms with Crippen LogP contribution in [0, 0.1) is 28.6 Å². The van der Waals surface area contributed by atoms with Gasteiger partial charge in [0.1, 0.15) is 0 Å². The minimum absolute atomic E-state index is 0.396. The summed E-state index contributed by atoms with van der Waals surface area (Å²) in [6.07, 6.45) is 9.03. The van der Waals surface area contributed by atoms with Gasteiger partial charge in [-0.25, -0.2) is 0 Å². The number of hydrogen-bond acceptors (Lipinski definition) is 1. The lowest BCUT2D eigenvalue weighted by atomic mass is 9.58. The Bertz CT molecular complexity index is 344. The van der Waals surface area contributed by atoms with Crippen LogP contribution in [0.1, 0.15) is 72.6 Å². The predicted octanol–water partition coefficient (Wildman–Crippen LogP) is 4.39. The van der Waals surface area contributed by atoms with E-state index >= 15 is 0 Å². The van der Waals surface area contributed by atoms with Crippen molar-refractivity contribution < 1.29 is 5.11 Å². The van der Waals surface area contributed by atoms with E-state index in [0.29, 0.717) is 16.7 Å². The second kappa shape index (κ2) is 3.75. The second-order valence-electron chi connectivity index (χ2n) is 8.43. The second-order valence-corrected chi connectivity index (χ2v) is 8.43. The minimum atomic E-state index is -0.396. The van der Waals surface area contributed by atoms with Crippen molar-refractivity contribution in [1.82, 2.24) is 0 Å². The minimum Gasteiger partial charge on any atom is -0.390 e. The third kappa shape index (κ3) is 1.49. The van der Waals surface area contributed by atoms with Gasteiger partial charge in [-0.05, 0) is 67.6 Å². The fourth-order valence-electron chi connectivity index (χ4n) is 5.85. The molecule has 0 radical (unpaired) electrons. The van der Waals surface area contributed by atoms with E-state index in [9.17, 15) is 5.11 Å². The molecule has 1 heteroatoms. The zero-order chi connectivity index (χ0) is 13.2. The van der Waals surface area contributed by atoms with Gasteiger partial charge in [0.15, 0.2) is 0 Å². The lowest BCUT2D eigenvalue weighted by Gasteiger charge is -2.49. The van der Waals surface area contributed by atoms with Gasteiger partial charge in [-0.15, -0.1) is 0 Å². The monoisotopic (exact) mass is 250 g/mol. The van der Waals surface area contributed by atoms with Crippen LogP contribution in [-0.4, -0.2) is 10.7 Å². The Morgan fingerprint density at radius 2 is 1.61 bits per heavy atom. The van der Waals surface area contributed by atoms with Crippen molar-refractivity contribution in [3.05, 3.63) is 0 Å². The van der Waals surface area contributed by atoms with Crippen LogP contribution in [0.3, 0.4) is 0 Å². The highest BCUT2D eigenvalue weighted by atomic mass is 16.3. The van der Waals surface area contributed by atoms with E-state index in [0.717, 1.165) is 18.3 Å². The topological polar surface area (TPSA) is 20.2 Å². The van der Waals surface area contributed by atoms with Crippen LogP contribution in [0.2, 0.25) is 0 Å². The third-order valence-electron chi connectivity index (χ3n) is 7.59. The summed E-state index contributed by atoms with van der Waals surface area (Å²) in [4.78, 5) is 0. The fourth-order valence-corrected chi connectivity index (χ4v) is 5.85. The van der Waals surface area contributed by atoms with Gasteiger partial charge in [-0.3, -0.25) is 0 Å². The highest BCUT2D eigenvalue weighted by Gasteiger charge is 2.64. The molecule has 0 aromatic heterocycles. The van der Waals surface area contributed by atoms with Crippen LogP contribution in [0.5, 0.6) is 0 Å². The maximum absolute atomic E-state index is 10.8. The summed E-state index contributed by atoms with van der Waals surface area (Å²) in [5, 5.41) is 10.8. The molecule has 18 heavy (non-hydrogen) atoms. The van der Waals surface area contributed by atoms with Crippen molar-refractivity contribution in [2.24, 2.45) is 28.6 Å². The summed E-state index contributed by atoms with van der Waals surface area (Å²) in [6, 6.07) is 0. The number of hydrogen-bond donors (Lipinski definition) is 1. The first kappa shape index (κ1) is 13.0. The summed E-state index contributed by atoms with van der Waals surface area (Å²) in [7, 11) is 0. The van der Waals surface area contributed by atoms with E-state index in [2.05, 4.69) is 27.7 Å². The van der Waals surface area contributed by atoms with E-state index in [1.54, 1.807) is 0 Å². The number of fused-ring (bicyclic) bond motifs is 2. The summed E-state index contributed by atoms with van der Waals surface area (Å²) < 4.78 is 0. The molecule has 3 fully saturated rings. The molecular formula is C17H30O. The largest absolute Gasteiger partial charge is 0.390 e. The molecule has 0 spiro atoms. The van der Waals surface area contributed by atoms with E-state index in [1.807, 2.05) is 0 Å². The normalized spacial score (nSPS) is 54.8. The molecule has 0 saturated heterocycles. The van der Waals surface area contributed by atoms with E-state index in [-0.39, 0.29) is 0 Å². The van der Waals surface area contributed by atoms with Crippen molar-refractivity contribution in [2.45, 2.75) is 78.2 Å². The van der Waals surface area contributed by atoms with Gasteiger partial charge >= 0.3 is 0 Å². The maximum Gasteiger partial charge on any atom is 0.0650 e. The molecule has 0 amide bonds. The molecule has 5 atom stereocenters. The van der Waals surface area contributed by atoms with Crippen molar-refractivity contribution >= 4 is 0 Å². The summed E-state index contributed by atoms with van der Waals surface area (Å²) in [6.45, 7) is 9.61. The van der Waals surface area contributed by atoms with E-state index < -0.39 is 5.60 Å². The van der Waals surface area contributed by atoms with Gasteiger partial charge in [0.05, 0.1) is 5.60 Å². The van der Waals surface area contributed by atoms with Crippen LogP contribution < -0.4 is 0 Å². The summed E-state index contributed by atoms with van der Waals surface area (Å²) >= 11 is 0. The Morgan fingerprint density at radius 3 is 2.11 bits per heavy atom. The van der Waals surface area contributed by atoms with Gasteiger partial charge in [0.2, 0.25) is 0 Å². The lowest BCUT2D eigenvalue weighted by molar-refractivity contribution is -0.0876. The van der Waals surface area contributed by atoms with Gasteiger partial charge in [0.25, 0.3) is 0 Å². The van der Waals surface area contributed by atoms with E-state index in [4.69, 9.17) is 0 Å². The first-order valence-electron chi connectivity index (χ1n) is 8.01. The molecule has 1 N–H and O–H groups in total. The Hall–Kier alpha value is -0.0400.